The monoisotopic (exact) mass is 408 g/mol. The number of para-hydroxylation sites is 1. The summed E-state index contributed by atoms with van der Waals surface area (Å²) in [6.07, 6.45) is 2.74. The number of aromatic nitrogens is 4. The molecular formula is C19H17BrN6. The first-order valence-corrected chi connectivity index (χ1v) is 9.22. The Balaban J connectivity index is 1.68. The molecule has 26 heavy (non-hydrogen) atoms. The predicted octanol–water partition coefficient (Wildman–Crippen LogP) is 4.60. The van der Waals surface area contributed by atoms with Crippen LogP contribution in [0, 0.1) is 0 Å². The minimum absolute atomic E-state index is 0.379. The van der Waals surface area contributed by atoms with Gasteiger partial charge in [-0.05, 0) is 30.2 Å². The van der Waals surface area contributed by atoms with Gasteiger partial charge in [0.2, 0.25) is 0 Å². The fourth-order valence-electron chi connectivity index (χ4n) is 2.95. The largest absolute Gasteiger partial charge is 0.324 e. The van der Waals surface area contributed by atoms with Crippen molar-refractivity contribution in [3.05, 3.63) is 58.6 Å². The van der Waals surface area contributed by atoms with Crippen molar-refractivity contribution in [2.75, 3.05) is 5.43 Å². The second kappa shape index (κ2) is 7.21. The summed E-state index contributed by atoms with van der Waals surface area (Å²) in [6.45, 7) is 3.03. The van der Waals surface area contributed by atoms with Gasteiger partial charge in [0.25, 0.3) is 5.95 Å². The smallest absolute Gasteiger partial charge is 0.265 e. The van der Waals surface area contributed by atoms with E-state index in [4.69, 9.17) is 0 Å². The summed E-state index contributed by atoms with van der Waals surface area (Å²) in [5.41, 5.74) is 6.61. The van der Waals surface area contributed by atoms with Gasteiger partial charge >= 0.3 is 0 Å². The van der Waals surface area contributed by atoms with Crippen molar-refractivity contribution in [1.82, 2.24) is 19.7 Å². The van der Waals surface area contributed by atoms with E-state index in [1.807, 2.05) is 36.4 Å². The lowest BCUT2D eigenvalue weighted by Crippen LogP contribution is -2.03. The van der Waals surface area contributed by atoms with Gasteiger partial charge in [0, 0.05) is 16.4 Å². The van der Waals surface area contributed by atoms with Gasteiger partial charge in [0.05, 0.1) is 11.7 Å². The van der Waals surface area contributed by atoms with Crippen molar-refractivity contribution in [2.24, 2.45) is 5.10 Å². The fourth-order valence-corrected chi connectivity index (χ4v) is 3.37. The second-order valence-corrected chi connectivity index (χ2v) is 6.82. The van der Waals surface area contributed by atoms with E-state index in [0.29, 0.717) is 5.95 Å². The lowest BCUT2D eigenvalue weighted by Gasteiger charge is -2.04. The average molecular weight is 409 g/mol. The Bertz CT molecular complexity index is 1100. The Morgan fingerprint density at radius 3 is 2.88 bits per heavy atom. The number of nitrogens with zero attached hydrogens (tertiary/aromatic N) is 5. The molecule has 2 aromatic heterocycles. The van der Waals surface area contributed by atoms with Crippen LogP contribution in [0.3, 0.4) is 0 Å². The fraction of sp³-hybridized carbons (Fsp3) is 0.158. The van der Waals surface area contributed by atoms with Crippen molar-refractivity contribution in [3.63, 3.8) is 0 Å². The Hall–Kier alpha value is -2.80. The zero-order valence-corrected chi connectivity index (χ0v) is 15.8. The number of hydrogen-bond donors (Lipinski definition) is 1. The van der Waals surface area contributed by atoms with E-state index in [-0.39, 0.29) is 0 Å². The van der Waals surface area contributed by atoms with Gasteiger partial charge in [-0.15, -0.1) is 10.2 Å². The quantitative estimate of drug-likeness (QED) is 0.387. The van der Waals surface area contributed by atoms with E-state index in [0.717, 1.165) is 45.1 Å². The molecule has 2 heterocycles. The highest BCUT2D eigenvalue weighted by molar-refractivity contribution is 9.10. The van der Waals surface area contributed by atoms with Crippen molar-refractivity contribution >= 4 is 50.2 Å². The standard InChI is InChI=1S/C19H17BrN6/c1-2-10-26-16-9-4-3-8-15(16)17-18(26)22-19(25-23-17)24-21-12-13-6-5-7-14(20)11-13/h3-9,11-12H,2,10H2,1H3,(H,22,24,25)/b21-12+. The number of hydrazone groups is 1. The SMILES string of the molecule is CCCn1c2ccccc2c2nnc(N/N=C/c3cccc(Br)c3)nc21. The van der Waals surface area contributed by atoms with Crippen LogP contribution in [-0.2, 0) is 6.54 Å². The first kappa shape index (κ1) is 16.7. The van der Waals surface area contributed by atoms with E-state index >= 15 is 0 Å². The minimum atomic E-state index is 0.379. The lowest BCUT2D eigenvalue weighted by atomic mass is 10.2. The molecule has 7 heteroatoms. The molecular weight excluding hydrogens is 392 g/mol. The summed E-state index contributed by atoms with van der Waals surface area (Å²) in [5, 5.41) is 13.8. The van der Waals surface area contributed by atoms with E-state index in [1.165, 1.54) is 0 Å². The van der Waals surface area contributed by atoms with Crippen LogP contribution in [0.4, 0.5) is 5.95 Å². The first-order valence-electron chi connectivity index (χ1n) is 8.42. The zero-order valence-electron chi connectivity index (χ0n) is 14.2. The molecule has 0 aliphatic heterocycles. The maximum absolute atomic E-state index is 4.63. The molecule has 130 valence electrons. The summed E-state index contributed by atoms with van der Waals surface area (Å²) in [5.74, 6) is 0.379. The molecule has 0 spiro atoms. The van der Waals surface area contributed by atoms with Crippen LogP contribution in [0.2, 0.25) is 0 Å². The number of halogens is 1. The number of aryl methyl sites for hydroxylation is 1. The Morgan fingerprint density at radius 1 is 1.15 bits per heavy atom. The van der Waals surface area contributed by atoms with E-state index in [2.05, 4.69) is 65.3 Å². The maximum Gasteiger partial charge on any atom is 0.265 e. The minimum Gasteiger partial charge on any atom is -0.324 e. The Morgan fingerprint density at radius 2 is 2.04 bits per heavy atom. The third-order valence-corrected chi connectivity index (χ3v) is 4.54. The molecule has 0 atom stereocenters. The molecule has 0 amide bonds. The van der Waals surface area contributed by atoms with Gasteiger partial charge in [-0.1, -0.05) is 53.2 Å². The lowest BCUT2D eigenvalue weighted by molar-refractivity contribution is 0.716. The number of anilines is 1. The molecule has 0 aliphatic rings. The topological polar surface area (TPSA) is 68.0 Å². The molecule has 0 bridgehead atoms. The van der Waals surface area contributed by atoms with E-state index < -0.39 is 0 Å². The van der Waals surface area contributed by atoms with Crippen molar-refractivity contribution in [2.45, 2.75) is 19.9 Å². The molecule has 4 rings (SSSR count). The Kier molecular flexibility index (Phi) is 4.62. The third-order valence-electron chi connectivity index (χ3n) is 4.05. The summed E-state index contributed by atoms with van der Waals surface area (Å²) in [7, 11) is 0. The molecule has 6 nitrogen and oxygen atoms in total. The van der Waals surface area contributed by atoms with Crippen LogP contribution in [0.5, 0.6) is 0 Å². The van der Waals surface area contributed by atoms with E-state index in [9.17, 15) is 0 Å². The van der Waals surface area contributed by atoms with Crippen LogP contribution in [0.25, 0.3) is 22.1 Å². The number of fused-ring (bicyclic) bond motifs is 3. The highest BCUT2D eigenvalue weighted by Gasteiger charge is 2.13. The van der Waals surface area contributed by atoms with Gasteiger partial charge in [-0.3, -0.25) is 0 Å². The summed E-state index contributed by atoms with van der Waals surface area (Å²) in [4.78, 5) is 4.63. The van der Waals surface area contributed by atoms with Gasteiger partial charge in [0.1, 0.15) is 5.52 Å². The molecule has 0 saturated heterocycles. The number of rotatable bonds is 5. The summed E-state index contributed by atoms with van der Waals surface area (Å²) < 4.78 is 3.19. The molecule has 1 N–H and O–H groups in total. The first-order chi connectivity index (χ1) is 12.8. The van der Waals surface area contributed by atoms with Gasteiger partial charge in [0.15, 0.2) is 5.65 Å². The van der Waals surface area contributed by atoms with Crippen molar-refractivity contribution in [1.29, 1.82) is 0 Å². The van der Waals surface area contributed by atoms with Crippen LogP contribution < -0.4 is 5.43 Å². The van der Waals surface area contributed by atoms with Crippen molar-refractivity contribution in [3.8, 4) is 0 Å². The molecule has 0 radical (unpaired) electrons. The number of nitrogens with one attached hydrogen (secondary N) is 1. The predicted molar refractivity (Wildman–Crippen MR) is 108 cm³/mol. The van der Waals surface area contributed by atoms with Crippen LogP contribution in [0.1, 0.15) is 18.9 Å². The Labute approximate surface area is 159 Å². The normalized spacial score (nSPS) is 11.6. The number of hydrogen-bond acceptors (Lipinski definition) is 5. The van der Waals surface area contributed by atoms with Crippen LogP contribution in [-0.4, -0.2) is 26.0 Å². The molecule has 0 aliphatic carbocycles. The van der Waals surface area contributed by atoms with Crippen LogP contribution >= 0.6 is 15.9 Å². The average Bonchev–Trinajstić information content (AvgIpc) is 2.96. The van der Waals surface area contributed by atoms with Crippen LogP contribution in [0.15, 0.2) is 58.1 Å². The van der Waals surface area contributed by atoms with Gasteiger partial charge < -0.3 is 4.57 Å². The summed E-state index contributed by atoms with van der Waals surface area (Å²) in [6, 6.07) is 16.1. The maximum atomic E-state index is 4.63. The molecule has 0 saturated carbocycles. The molecule has 2 aromatic carbocycles. The number of benzene rings is 2. The molecule has 0 fully saturated rings. The summed E-state index contributed by atoms with van der Waals surface area (Å²) >= 11 is 3.45. The second-order valence-electron chi connectivity index (χ2n) is 5.90. The molecule has 4 aromatic rings. The highest BCUT2D eigenvalue weighted by atomic mass is 79.9. The van der Waals surface area contributed by atoms with Gasteiger partial charge in [-0.2, -0.15) is 10.1 Å². The van der Waals surface area contributed by atoms with E-state index in [1.54, 1.807) is 6.21 Å². The highest BCUT2D eigenvalue weighted by Crippen LogP contribution is 2.26. The molecule has 0 unspecified atom stereocenters. The zero-order chi connectivity index (χ0) is 17.9. The van der Waals surface area contributed by atoms with Crippen molar-refractivity contribution < 1.29 is 0 Å². The van der Waals surface area contributed by atoms with Gasteiger partial charge in [-0.25, -0.2) is 5.43 Å². The third kappa shape index (κ3) is 3.17.